The minimum Gasteiger partial charge on any atom is -0.504 e. The maximum Gasteiger partial charge on any atom is 0.157 e. The van der Waals surface area contributed by atoms with Crippen LogP contribution in [0.4, 0.5) is 0 Å². The first-order chi connectivity index (χ1) is 6.24. The summed E-state index contributed by atoms with van der Waals surface area (Å²) in [5.74, 6) is -0.0978. The molecule has 0 saturated heterocycles. The molecule has 0 aromatic heterocycles. The Kier molecular flexibility index (Phi) is 3.58. The normalized spacial score (nSPS) is 10.2. The van der Waals surface area contributed by atoms with Crippen molar-refractivity contribution >= 4 is 0 Å². The van der Waals surface area contributed by atoms with Gasteiger partial charge in [-0.25, -0.2) is 0 Å². The van der Waals surface area contributed by atoms with Crippen molar-refractivity contribution in [2.75, 3.05) is 13.6 Å². The van der Waals surface area contributed by atoms with Gasteiger partial charge in [0.05, 0.1) is 0 Å². The highest BCUT2D eigenvalue weighted by Crippen LogP contribution is 2.25. The Balaban J connectivity index is 2.53. The fraction of sp³-hybridized carbons (Fsp3) is 0.400. The molecule has 3 N–H and O–H groups in total. The predicted molar refractivity (Wildman–Crippen MR) is 52.0 cm³/mol. The van der Waals surface area contributed by atoms with Gasteiger partial charge in [0.25, 0.3) is 0 Å². The van der Waals surface area contributed by atoms with Crippen LogP contribution >= 0.6 is 0 Å². The van der Waals surface area contributed by atoms with E-state index in [1.54, 1.807) is 6.07 Å². The second-order valence-corrected chi connectivity index (χ2v) is 3.03. The van der Waals surface area contributed by atoms with Crippen molar-refractivity contribution in [2.45, 2.75) is 12.8 Å². The van der Waals surface area contributed by atoms with Gasteiger partial charge in [0.2, 0.25) is 0 Å². The van der Waals surface area contributed by atoms with E-state index in [1.807, 2.05) is 13.1 Å². The van der Waals surface area contributed by atoms with E-state index in [0.29, 0.717) is 0 Å². The van der Waals surface area contributed by atoms with Crippen LogP contribution in [-0.2, 0) is 6.42 Å². The molecule has 0 atom stereocenters. The van der Waals surface area contributed by atoms with Crippen molar-refractivity contribution in [1.29, 1.82) is 0 Å². The molecule has 0 radical (unpaired) electrons. The summed E-state index contributed by atoms with van der Waals surface area (Å²) in [7, 11) is 1.91. The van der Waals surface area contributed by atoms with Gasteiger partial charge in [0, 0.05) is 0 Å². The van der Waals surface area contributed by atoms with Crippen LogP contribution in [0.2, 0.25) is 0 Å². The van der Waals surface area contributed by atoms with Crippen LogP contribution in [0.1, 0.15) is 12.0 Å². The lowest BCUT2D eigenvalue weighted by Gasteiger charge is -2.03. The molecule has 1 aromatic carbocycles. The van der Waals surface area contributed by atoms with E-state index in [1.165, 1.54) is 6.07 Å². The molecule has 3 nitrogen and oxygen atoms in total. The van der Waals surface area contributed by atoms with Crippen LogP contribution in [-0.4, -0.2) is 23.8 Å². The molecule has 0 saturated carbocycles. The summed E-state index contributed by atoms with van der Waals surface area (Å²) < 4.78 is 0. The Morgan fingerprint density at radius 1 is 1.23 bits per heavy atom. The summed E-state index contributed by atoms with van der Waals surface area (Å²) in [4.78, 5) is 0. The monoisotopic (exact) mass is 181 g/mol. The zero-order chi connectivity index (χ0) is 9.68. The van der Waals surface area contributed by atoms with E-state index in [2.05, 4.69) is 5.32 Å². The third-order valence-electron chi connectivity index (χ3n) is 1.93. The van der Waals surface area contributed by atoms with Crippen LogP contribution in [0.5, 0.6) is 11.5 Å². The summed E-state index contributed by atoms with van der Waals surface area (Å²) in [5.41, 5.74) is 1.05. The molecule has 1 rings (SSSR count). The lowest BCUT2D eigenvalue weighted by Crippen LogP contribution is -2.08. The number of hydrogen-bond donors (Lipinski definition) is 3. The van der Waals surface area contributed by atoms with Crippen molar-refractivity contribution in [3.8, 4) is 11.5 Å². The van der Waals surface area contributed by atoms with Crippen LogP contribution in [0.25, 0.3) is 0 Å². The summed E-state index contributed by atoms with van der Waals surface area (Å²) >= 11 is 0. The SMILES string of the molecule is CNCCCc1ccc(O)c(O)c1. The molecule has 0 aliphatic heterocycles. The molecule has 0 unspecified atom stereocenters. The highest BCUT2D eigenvalue weighted by molar-refractivity contribution is 5.40. The first-order valence-electron chi connectivity index (χ1n) is 4.39. The van der Waals surface area contributed by atoms with E-state index in [9.17, 15) is 5.11 Å². The Bertz CT molecular complexity index is 274. The molecule has 0 bridgehead atoms. The molecule has 72 valence electrons. The van der Waals surface area contributed by atoms with Gasteiger partial charge < -0.3 is 15.5 Å². The Morgan fingerprint density at radius 3 is 2.62 bits per heavy atom. The molecule has 13 heavy (non-hydrogen) atoms. The Labute approximate surface area is 78.0 Å². The lowest BCUT2D eigenvalue weighted by molar-refractivity contribution is 0.403. The Morgan fingerprint density at radius 2 is 2.00 bits per heavy atom. The van der Waals surface area contributed by atoms with Crippen molar-refractivity contribution in [1.82, 2.24) is 5.32 Å². The van der Waals surface area contributed by atoms with Gasteiger partial charge in [0.1, 0.15) is 0 Å². The van der Waals surface area contributed by atoms with Crippen molar-refractivity contribution in [3.63, 3.8) is 0 Å². The molecular formula is C10H15NO2. The van der Waals surface area contributed by atoms with E-state index in [-0.39, 0.29) is 11.5 Å². The third-order valence-corrected chi connectivity index (χ3v) is 1.93. The largest absolute Gasteiger partial charge is 0.504 e. The lowest BCUT2D eigenvalue weighted by atomic mass is 10.1. The zero-order valence-corrected chi connectivity index (χ0v) is 7.75. The number of nitrogens with one attached hydrogen (secondary N) is 1. The third kappa shape index (κ3) is 2.95. The van der Waals surface area contributed by atoms with Crippen molar-refractivity contribution < 1.29 is 10.2 Å². The highest BCUT2D eigenvalue weighted by Gasteiger charge is 1.99. The Hall–Kier alpha value is -1.22. The minimum absolute atomic E-state index is 0.0399. The number of aromatic hydroxyl groups is 2. The number of rotatable bonds is 4. The molecule has 3 heteroatoms. The number of aryl methyl sites for hydroxylation is 1. The van der Waals surface area contributed by atoms with Crippen LogP contribution < -0.4 is 5.32 Å². The molecule has 0 heterocycles. The summed E-state index contributed by atoms with van der Waals surface area (Å²) in [6.45, 7) is 0.960. The number of phenols is 2. The van der Waals surface area contributed by atoms with Crippen molar-refractivity contribution in [3.05, 3.63) is 23.8 Å². The molecule has 0 aliphatic carbocycles. The zero-order valence-electron chi connectivity index (χ0n) is 7.75. The minimum atomic E-state index is -0.0580. The topological polar surface area (TPSA) is 52.5 Å². The molecule has 0 amide bonds. The summed E-state index contributed by atoms with van der Waals surface area (Å²) in [6.07, 6.45) is 1.94. The summed E-state index contributed by atoms with van der Waals surface area (Å²) in [6, 6.07) is 4.94. The highest BCUT2D eigenvalue weighted by atomic mass is 16.3. The molecule has 0 fully saturated rings. The van der Waals surface area contributed by atoms with Gasteiger partial charge in [-0.15, -0.1) is 0 Å². The van der Waals surface area contributed by atoms with Gasteiger partial charge in [-0.2, -0.15) is 0 Å². The first kappa shape index (κ1) is 9.86. The van der Waals surface area contributed by atoms with Crippen molar-refractivity contribution in [2.24, 2.45) is 0 Å². The molecular weight excluding hydrogens is 166 g/mol. The fourth-order valence-corrected chi connectivity index (χ4v) is 1.19. The van der Waals surface area contributed by atoms with Crippen LogP contribution in [0.15, 0.2) is 18.2 Å². The van der Waals surface area contributed by atoms with Gasteiger partial charge in [-0.05, 0) is 44.1 Å². The van der Waals surface area contributed by atoms with Gasteiger partial charge in [0.15, 0.2) is 11.5 Å². The van der Waals surface area contributed by atoms with Crippen LogP contribution in [0.3, 0.4) is 0 Å². The fourth-order valence-electron chi connectivity index (χ4n) is 1.19. The average molecular weight is 181 g/mol. The molecule has 0 spiro atoms. The predicted octanol–water partition coefficient (Wildman–Crippen LogP) is 1.25. The first-order valence-corrected chi connectivity index (χ1v) is 4.39. The second kappa shape index (κ2) is 4.72. The van der Waals surface area contributed by atoms with Gasteiger partial charge in [-0.3, -0.25) is 0 Å². The molecule has 1 aromatic rings. The van der Waals surface area contributed by atoms with Gasteiger partial charge >= 0.3 is 0 Å². The van der Waals surface area contributed by atoms with E-state index in [0.717, 1.165) is 24.9 Å². The number of benzene rings is 1. The second-order valence-electron chi connectivity index (χ2n) is 3.03. The average Bonchev–Trinajstić information content (AvgIpc) is 2.12. The maximum absolute atomic E-state index is 9.19. The van der Waals surface area contributed by atoms with E-state index >= 15 is 0 Å². The maximum atomic E-state index is 9.19. The quantitative estimate of drug-likeness (QED) is 0.484. The smallest absolute Gasteiger partial charge is 0.157 e. The van der Waals surface area contributed by atoms with Gasteiger partial charge in [-0.1, -0.05) is 6.07 Å². The standard InChI is InChI=1S/C10H15NO2/c1-11-6-2-3-8-4-5-9(12)10(13)7-8/h4-5,7,11-13H,2-3,6H2,1H3. The number of phenolic OH excluding ortho intramolecular Hbond substituents is 2. The van der Waals surface area contributed by atoms with E-state index in [4.69, 9.17) is 5.11 Å². The summed E-state index contributed by atoms with van der Waals surface area (Å²) in [5, 5.41) is 21.3. The van der Waals surface area contributed by atoms with Crippen LogP contribution in [0, 0.1) is 0 Å². The number of hydrogen-bond acceptors (Lipinski definition) is 3. The molecule has 0 aliphatic rings. The van der Waals surface area contributed by atoms with E-state index < -0.39 is 0 Å².